The van der Waals surface area contributed by atoms with Crippen molar-refractivity contribution in [2.24, 2.45) is 0 Å². The highest BCUT2D eigenvalue weighted by molar-refractivity contribution is 5.09. The minimum Gasteiger partial charge on any atom is -0.394 e. The van der Waals surface area contributed by atoms with E-state index in [0.29, 0.717) is 0 Å². The van der Waals surface area contributed by atoms with Crippen LogP contribution < -0.4 is 5.64 Å². The molecular formula is C12H16F13NO4. The maximum Gasteiger partial charge on any atom is 0.460 e. The molecule has 0 saturated carbocycles. The minimum atomic E-state index is -7.81. The van der Waals surface area contributed by atoms with Gasteiger partial charge in [0.05, 0.1) is 26.4 Å². The summed E-state index contributed by atoms with van der Waals surface area (Å²) in [5, 5.41) is 16.3. The molecule has 0 unspecified atom stereocenters. The Morgan fingerprint density at radius 3 is 1.20 bits per heavy atom. The summed E-state index contributed by atoms with van der Waals surface area (Å²) in [6.07, 6.45) is -9.57. The highest BCUT2D eigenvalue weighted by Crippen LogP contribution is 2.60. The van der Waals surface area contributed by atoms with Crippen LogP contribution in [0.5, 0.6) is 0 Å². The van der Waals surface area contributed by atoms with Crippen molar-refractivity contribution in [3.05, 3.63) is 0 Å². The van der Waals surface area contributed by atoms with Gasteiger partial charge in [-0.25, -0.2) is 0 Å². The minimum absolute atomic E-state index is 0.0600. The van der Waals surface area contributed by atoms with Crippen molar-refractivity contribution in [3.63, 3.8) is 0 Å². The van der Waals surface area contributed by atoms with Gasteiger partial charge in [-0.15, -0.1) is 0 Å². The highest BCUT2D eigenvalue weighted by Gasteiger charge is 2.90. The van der Waals surface area contributed by atoms with Gasteiger partial charge in [0.2, 0.25) is 0 Å². The maximum atomic E-state index is 12.7. The Balaban J connectivity index is 0. The van der Waals surface area contributed by atoms with Gasteiger partial charge in [-0.3, -0.25) is 9.68 Å². The van der Waals surface area contributed by atoms with Gasteiger partial charge in [-0.05, 0) is 0 Å². The topological polar surface area (TPSA) is 71.0 Å². The maximum absolute atomic E-state index is 12.7. The summed E-state index contributed by atoms with van der Waals surface area (Å²) in [7, 11) is 0. The molecule has 18 heteroatoms. The predicted molar refractivity (Wildman–Crippen MR) is 70.3 cm³/mol. The summed E-state index contributed by atoms with van der Waals surface area (Å²) >= 11 is 0. The molecule has 30 heavy (non-hydrogen) atoms. The largest absolute Gasteiger partial charge is 0.460 e. The van der Waals surface area contributed by atoms with Crippen LogP contribution in [0.1, 0.15) is 13.3 Å². The van der Waals surface area contributed by atoms with Gasteiger partial charge >= 0.3 is 35.8 Å². The highest BCUT2D eigenvalue weighted by atomic mass is 19.4. The fourth-order valence-electron chi connectivity index (χ4n) is 1.24. The zero-order valence-electron chi connectivity index (χ0n) is 14.7. The molecule has 184 valence electrons. The second kappa shape index (κ2) is 11.0. The van der Waals surface area contributed by atoms with E-state index >= 15 is 0 Å². The molecule has 0 heterocycles. The third-order valence-corrected chi connectivity index (χ3v) is 2.95. The van der Waals surface area contributed by atoms with Crippen molar-refractivity contribution in [1.82, 2.24) is 5.64 Å². The molecule has 0 fully saturated rings. The molecule has 0 radical (unpaired) electrons. The first kappa shape index (κ1) is 31.1. The van der Waals surface area contributed by atoms with Gasteiger partial charge in [-0.2, -0.15) is 57.1 Å². The van der Waals surface area contributed by atoms with E-state index in [0.717, 1.165) is 0 Å². The van der Waals surface area contributed by atoms with Crippen LogP contribution in [0.15, 0.2) is 0 Å². The van der Waals surface area contributed by atoms with Crippen LogP contribution >= 0.6 is 0 Å². The number of alkyl halides is 13. The third-order valence-electron chi connectivity index (χ3n) is 2.95. The fourth-order valence-corrected chi connectivity index (χ4v) is 1.24. The van der Waals surface area contributed by atoms with Gasteiger partial charge < -0.3 is 10.2 Å². The van der Waals surface area contributed by atoms with E-state index in [9.17, 15) is 57.1 Å². The summed E-state index contributed by atoms with van der Waals surface area (Å²) in [4.78, 5) is 8.90. The average Bonchev–Trinajstić information content (AvgIpc) is 2.60. The summed E-state index contributed by atoms with van der Waals surface area (Å²) in [6.45, 7) is 0.339. The van der Waals surface area contributed by atoms with Gasteiger partial charge in [0, 0.05) is 6.42 Å². The zero-order chi connectivity index (χ0) is 24.7. The van der Waals surface area contributed by atoms with Crippen LogP contribution in [0.2, 0.25) is 0 Å². The predicted octanol–water partition coefficient (Wildman–Crippen LogP) is 3.56. The molecule has 0 rings (SSSR count). The molecule has 0 atom stereocenters. The number of hydrogen-bond acceptors (Lipinski definition) is 5. The fraction of sp³-hybridized carbons (Fsp3) is 1.00. The van der Waals surface area contributed by atoms with E-state index in [1.54, 1.807) is 0 Å². The number of halogens is 13. The van der Waals surface area contributed by atoms with Gasteiger partial charge in [0.25, 0.3) is 0 Å². The molecule has 3 N–H and O–H groups in total. The molecule has 0 bridgehead atoms. The molecule has 0 aliphatic rings. The third kappa shape index (κ3) is 6.44. The molecular weight excluding hydrogens is 469 g/mol. The van der Waals surface area contributed by atoms with Crippen molar-refractivity contribution >= 4 is 0 Å². The van der Waals surface area contributed by atoms with E-state index < -0.39 is 42.2 Å². The second-order valence-electron chi connectivity index (χ2n) is 5.08. The Kier molecular flexibility index (Phi) is 11.4. The first-order chi connectivity index (χ1) is 13.2. The van der Waals surface area contributed by atoms with E-state index in [2.05, 4.69) is 15.3 Å². The molecule has 0 saturated heterocycles. The molecule has 0 aromatic rings. The Bertz CT molecular complexity index is 493. The summed E-state index contributed by atoms with van der Waals surface area (Å²) in [6, 6.07) is 0. The zero-order valence-corrected chi connectivity index (χ0v) is 14.7. The molecule has 0 spiro atoms. The Morgan fingerprint density at radius 1 is 0.600 bits per heavy atom. The molecule has 0 aromatic heterocycles. The number of nitrogens with one attached hydrogen (secondary N) is 1. The van der Waals surface area contributed by atoms with E-state index in [1.807, 2.05) is 0 Å². The lowest BCUT2D eigenvalue weighted by atomic mass is 9.93. The second-order valence-corrected chi connectivity index (χ2v) is 5.08. The molecule has 0 aliphatic carbocycles. The average molecular weight is 485 g/mol. The Labute approximate surface area is 159 Å². The molecule has 0 aliphatic heterocycles. The Morgan fingerprint density at radius 2 is 0.933 bits per heavy atom. The van der Waals surface area contributed by atoms with Crippen LogP contribution in [0.4, 0.5) is 57.1 Å². The lowest BCUT2D eigenvalue weighted by Crippen LogP contribution is -2.69. The number of aliphatic hydroxyl groups is 2. The number of hydrogen-bond donors (Lipinski definition) is 3. The first-order valence-electron chi connectivity index (χ1n) is 7.39. The normalized spacial score (nSPS) is 14.4. The standard InChI is InChI=1S/C8H5F13.C4H11NO4/c1-2-3(9,10)4(11,12)5(13,14)6(15,16)7(17,18)8(19,20)21;6-1-3-8-5-9-4-2-7/h2H2,1H3;5-7H,1-4H2. The van der Waals surface area contributed by atoms with Crippen molar-refractivity contribution in [2.45, 2.75) is 49.1 Å². The first-order valence-corrected chi connectivity index (χ1v) is 7.39. The van der Waals surface area contributed by atoms with Crippen LogP contribution in [0, 0.1) is 0 Å². The summed E-state index contributed by atoms with van der Waals surface area (Å²) < 4.78 is 161. The van der Waals surface area contributed by atoms with Crippen LogP contribution in [-0.2, 0) is 9.68 Å². The molecule has 0 aromatic carbocycles. The van der Waals surface area contributed by atoms with Crippen LogP contribution in [0.25, 0.3) is 0 Å². The molecule has 0 amide bonds. The lowest BCUT2D eigenvalue weighted by molar-refractivity contribution is -0.439. The van der Waals surface area contributed by atoms with Crippen molar-refractivity contribution in [1.29, 1.82) is 0 Å². The van der Waals surface area contributed by atoms with Crippen LogP contribution in [0.3, 0.4) is 0 Å². The van der Waals surface area contributed by atoms with Gasteiger partial charge in [0.1, 0.15) is 0 Å². The van der Waals surface area contributed by atoms with Crippen LogP contribution in [-0.4, -0.2) is 72.4 Å². The van der Waals surface area contributed by atoms with E-state index in [-0.39, 0.29) is 33.4 Å². The van der Waals surface area contributed by atoms with Crippen molar-refractivity contribution in [3.8, 4) is 0 Å². The SMILES string of the molecule is CCC(F)(F)C(F)(F)C(F)(F)C(F)(F)C(F)(F)C(F)(F)F.OCCONOCCO. The van der Waals surface area contributed by atoms with Gasteiger partial charge in [-0.1, -0.05) is 12.6 Å². The van der Waals surface area contributed by atoms with Gasteiger partial charge in [0.15, 0.2) is 0 Å². The smallest absolute Gasteiger partial charge is 0.394 e. The summed E-state index contributed by atoms with van der Waals surface area (Å²) in [5.41, 5.74) is 2.07. The van der Waals surface area contributed by atoms with E-state index in [1.165, 1.54) is 0 Å². The molecule has 5 nitrogen and oxygen atoms in total. The number of aliphatic hydroxyl groups excluding tert-OH is 2. The Hall–Kier alpha value is -1.11. The quantitative estimate of drug-likeness (QED) is 0.237. The summed E-state index contributed by atoms with van der Waals surface area (Å²) in [5.74, 6) is -36.2. The van der Waals surface area contributed by atoms with Crippen molar-refractivity contribution in [2.75, 3.05) is 26.4 Å². The monoisotopic (exact) mass is 485 g/mol. The van der Waals surface area contributed by atoms with E-state index in [4.69, 9.17) is 10.2 Å². The number of rotatable bonds is 11. The lowest BCUT2D eigenvalue weighted by Gasteiger charge is -2.39. The van der Waals surface area contributed by atoms with Crippen molar-refractivity contribution < 1.29 is 77.0 Å².